The lowest BCUT2D eigenvalue weighted by Crippen LogP contribution is -2.02. The molecule has 0 heteroatoms. The summed E-state index contributed by atoms with van der Waals surface area (Å²) in [5.74, 6) is 0.895. The number of hydrogen-bond donors (Lipinski definition) is 0. The van der Waals surface area contributed by atoms with Crippen LogP contribution in [0.4, 0.5) is 0 Å². The third-order valence-electron chi connectivity index (χ3n) is 2.35. The molecule has 1 radical (unpaired) electrons. The minimum absolute atomic E-state index is 0.895. The van der Waals surface area contributed by atoms with Crippen LogP contribution in [0.3, 0.4) is 0 Å². The molecule has 1 aliphatic rings. The lowest BCUT2D eigenvalue weighted by Gasteiger charge is -2.17. The second kappa shape index (κ2) is 5.40. The van der Waals surface area contributed by atoms with Crippen LogP contribution in [0.5, 0.6) is 0 Å². The minimum atomic E-state index is 0.895. The number of rotatable bonds is 3. The van der Waals surface area contributed by atoms with Gasteiger partial charge >= 0.3 is 0 Å². The van der Waals surface area contributed by atoms with Gasteiger partial charge in [0.25, 0.3) is 0 Å². The van der Waals surface area contributed by atoms with E-state index in [9.17, 15) is 0 Å². The predicted molar refractivity (Wildman–Crippen MR) is 50.3 cm³/mol. The van der Waals surface area contributed by atoms with Crippen LogP contribution < -0.4 is 0 Å². The first-order valence-electron chi connectivity index (χ1n) is 4.92. The fourth-order valence-electron chi connectivity index (χ4n) is 1.60. The van der Waals surface area contributed by atoms with Crippen LogP contribution >= 0.6 is 0 Å². The van der Waals surface area contributed by atoms with Crippen molar-refractivity contribution < 1.29 is 0 Å². The van der Waals surface area contributed by atoms with Crippen molar-refractivity contribution in [2.24, 2.45) is 5.92 Å². The number of unbranched alkanes of at least 4 members (excludes halogenated alkanes) is 1. The van der Waals surface area contributed by atoms with Crippen molar-refractivity contribution in [3.63, 3.8) is 0 Å². The van der Waals surface area contributed by atoms with Crippen LogP contribution in [-0.4, -0.2) is 0 Å². The molecular weight excluding hydrogens is 132 g/mol. The van der Waals surface area contributed by atoms with Crippen molar-refractivity contribution in [1.29, 1.82) is 0 Å². The van der Waals surface area contributed by atoms with Crippen LogP contribution in [-0.2, 0) is 0 Å². The molecule has 0 aromatic heterocycles. The highest BCUT2D eigenvalue weighted by atomic mass is 14.1. The van der Waals surface area contributed by atoms with Gasteiger partial charge in [0.05, 0.1) is 0 Å². The summed E-state index contributed by atoms with van der Waals surface area (Å²) in [6.45, 7) is 2.24. The highest BCUT2D eigenvalue weighted by Gasteiger charge is 2.09. The molecule has 0 nitrogen and oxygen atoms in total. The maximum Gasteiger partial charge on any atom is -0.0233 e. The molecule has 1 saturated carbocycles. The van der Waals surface area contributed by atoms with Gasteiger partial charge in [0.1, 0.15) is 0 Å². The normalized spacial score (nSPS) is 21.2. The third-order valence-corrected chi connectivity index (χ3v) is 2.35. The Balaban J connectivity index is 2.13. The van der Waals surface area contributed by atoms with Gasteiger partial charge in [-0.25, -0.2) is 0 Å². The molecule has 0 saturated heterocycles. The van der Waals surface area contributed by atoms with Gasteiger partial charge in [0.15, 0.2) is 0 Å². The molecule has 1 aliphatic carbocycles. The van der Waals surface area contributed by atoms with E-state index in [4.69, 9.17) is 0 Å². The van der Waals surface area contributed by atoms with E-state index in [2.05, 4.69) is 25.5 Å². The number of hydrogen-bond acceptors (Lipinski definition) is 0. The summed E-state index contributed by atoms with van der Waals surface area (Å²) in [4.78, 5) is 0. The van der Waals surface area contributed by atoms with Crippen LogP contribution in [0, 0.1) is 12.3 Å². The molecule has 63 valence electrons. The maximum atomic E-state index is 2.43. The van der Waals surface area contributed by atoms with Gasteiger partial charge in [-0.1, -0.05) is 25.5 Å². The molecule has 1 fully saturated rings. The average molecular weight is 151 g/mol. The fourth-order valence-corrected chi connectivity index (χ4v) is 1.60. The molecule has 0 amide bonds. The Morgan fingerprint density at radius 1 is 1.36 bits per heavy atom. The van der Waals surface area contributed by atoms with Crippen LogP contribution in [0.25, 0.3) is 0 Å². The lowest BCUT2D eigenvalue weighted by molar-refractivity contribution is 0.482. The summed E-state index contributed by atoms with van der Waals surface area (Å²) in [5.41, 5.74) is 0. The minimum Gasteiger partial charge on any atom is -0.0883 e. The van der Waals surface area contributed by atoms with Gasteiger partial charge in [-0.3, -0.25) is 0 Å². The van der Waals surface area contributed by atoms with E-state index >= 15 is 0 Å². The summed E-state index contributed by atoms with van der Waals surface area (Å²) < 4.78 is 0. The highest BCUT2D eigenvalue weighted by molar-refractivity contribution is 4.92. The molecule has 0 aromatic rings. The Morgan fingerprint density at radius 2 is 2.09 bits per heavy atom. The van der Waals surface area contributed by atoms with E-state index in [1.165, 1.54) is 38.5 Å². The molecular formula is C11H19. The zero-order chi connectivity index (χ0) is 7.94. The molecule has 0 atom stereocenters. The summed E-state index contributed by atoms with van der Waals surface area (Å²) in [5, 5.41) is 0. The van der Waals surface area contributed by atoms with Crippen molar-refractivity contribution >= 4 is 0 Å². The topological polar surface area (TPSA) is 0 Å². The number of allylic oxidation sites excluding steroid dienone is 2. The van der Waals surface area contributed by atoms with E-state index in [-0.39, 0.29) is 0 Å². The van der Waals surface area contributed by atoms with E-state index in [1.54, 1.807) is 0 Å². The Morgan fingerprint density at radius 3 is 2.73 bits per heavy atom. The quantitative estimate of drug-likeness (QED) is 0.539. The molecule has 1 rings (SSSR count). The summed E-state index contributed by atoms with van der Waals surface area (Å²) in [7, 11) is 0. The maximum absolute atomic E-state index is 2.43. The third kappa shape index (κ3) is 3.60. The van der Waals surface area contributed by atoms with Crippen molar-refractivity contribution in [1.82, 2.24) is 0 Å². The van der Waals surface area contributed by atoms with Crippen molar-refractivity contribution in [2.45, 2.75) is 45.4 Å². The van der Waals surface area contributed by atoms with Crippen molar-refractivity contribution in [3.8, 4) is 0 Å². The first kappa shape index (κ1) is 8.83. The van der Waals surface area contributed by atoms with Gasteiger partial charge in [-0.05, 0) is 44.4 Å². The first-order valence-corrected chi connectivity index (χ1v) is 4.92. The van der Waals surface area contributed by atoms with Crippen LogP contribution in [0.2, 0.25) is 0 Å². The summed E-state index contributed by atoms with van der Waals surface area (Å²) >= 11 is 0. The molecule has 0 aromatic carbocycles. The van der Waals surface area contributed by atoms with Gasteiger partial charge in [-0.2, -0.15) is 0 Å². The van der Waals surface area contributed by atoms with Crippen molar-refractivity contribution in [3.05, 3.63) is 18.6 Å². The molecule has 0 aliphatic heterocycles. The lowest BCUT2D eigenvalue weighted by atomic mass is 9.89. The average Bonchev–Trinajstić information content (AvgIpc) is 2.07. The second-order valence-corrected chi connectivity index (χ2v) is 3.42. The van der Waals surface area contributed by atoms with Gasteiger partial charge in [0.2, 0.25) is 0 Å². The standard InChI is InChI=1S/C11H19/c1-2-3-5-8-11-9-6-4-7-10-11/h4-5,8,11H,2-3,6-7,9-10H2,1H3. The molecule has 11 heavy (non-hydrogen) atoms. The molecule has 0 spiro atoms. The summed E-state index contributed by atoms with van der Waals surface area (Å²) in [6, 6.07) is 0. The molecule has 0 heterocycles. The Kier molecular flexibility index (Phi) is 4.33. The van der Waals surface area contributed by atoms with Crippen LogP contribution in [0.15, 0.2) is 12.2 Å². The monoisotopic (exact) mass is 151 g/mol. The van der Waals surface area contributed by atoms with E-state index in [0.717, 1.165) is 5.92 Å². The largest absolute Gasteiger partial charge is 0.0883 e. The Hall–Kier alpha value is -0.260. The second-order valence-electron chi connectivity index (χ2n) is 3.42. The SMILES string of the molecule is CCCC=CC1CC[CH]CC1. The van der Waals surface area contributed by atoms with Gasteiger partial charge < -0.3 is 0 Å². The Bertz CT molecular complexity index is 107. The van der Waals surface area contributed by atoms with Gasteiger partial charge in [0, 0.05) is 0 Å². The highest BCUT2D eigenvalue weighted by Crippen LogP contribution is 2.23. The first-order chi connectivity index (χ1) is 5.43. The van der Waals surface area contributed by atoms with Crippen molar-refractivity contribution in [2.75, 3.05) is 0 Å². The molecule has 0 bridgehead atoms. The Labute approximate surface area is 70.7 Å². The van der Waals surface area contributed by atoms with E-state index in [1.807, 2.05) is 0 Å². The smallest absolute Gasteiger partial charge is 0.0233 e. The molecule has 0 N–H and O–H groups in total. The van der Waals surface area contributed by atoms with Gasteiger partial charge in [-0.15, -0.1) is 0 Å². The van der Waals surface area contributed by atoms with E-state index in [0.29, 0.717) is 0 Å². The van der Waals surface area contributed by atoms with Crippen LogP contribution in [0.1, 0.15) is 45.4 Å². The molecule has 0 unspecified atom stereocenters. The zero-order valence-electron chi connectivity index (χ0n) is 7.55. The predicted octanol–water partition coefficient (Wildman–Crippen LogP) is 3.74. The summed E-state index contributed by atoms with van der Waals surface area (Å²) in [6.07, 6.45) is 15.2. The van der Waals surface area contributed by atoms with E-state index < -0.39 is 0 Å². The fraction of sp³-hybridized carbons (Fsp3) is 0.727. The zero-order valence-corrected chi connectivity index (χ0v) is 7.55.